The van der Waals surface area contributed by atoms with E-state index in [0.717, 1.165) is 33.7 Å². The molecule has 100 valence electrons. The molecule has 2 aromatic carbocycles. The average Bonchev–Trinajstić information content (AvgIpc) is 2.47. The number of aromatic nitrogens is 1. The summed E-state index contributed by atoms with van der Waals surface area (Å²) in [6, 6.07) is 15.5. The Labute approximate surface area is 117 Å². The Hall–Kier alpha value is -2.75. The van der Waals surface area contributed by atoms with Gasteiger partial charge in [-0.15, -0.1) is 0 Å². The average molecular weight is 265 g/mol. The normalized spacial score (nSPS) is 10.4. The van der Waals surface area contributed by atoms with E-state index in [0.29, 0.717) is 0 Å². The number of nitrogens with two attached hydrogens (primary N) is 1. The van der Waals surface area contributed by atoms with Crippen molar-refractivity contribution >= 4 is 28.0 Å². The molecule has 0 atom stereocenters. The van der Waals surface area contributed by atoms with Crippen molar-refractivity contribution in [3.8, 4) is 5.75 Å². The molecular weight excluding hydrogens is 250 g/mol. The largest absolute Gasteiger partial charge is 0.495 e. The molecular formula is C16H15N3O. The Kier molecular flexibility index (Phi) is 3.13. The monoisotopic (exact) mass is 265 g/mol. The zero-order valence-electron chi connectivity index (χ0n) is 11.1. The second-order valence-electron chi connectivity index (χ2n) is 4.47. The van der Waals surface area contributed by atoms with E-state index >= 15 is 0 Å². The molecule has 0 saturated carbocycles. The molecule has 0 unspecified atom stereocenters. The van der Waals surface area contributed by atoms with Crippen molar-refractivity contribution in [2.45, 2.75) is 0 Å². The molecule has 1 heterocycles. The van der Waals surface area contributed by atoms with Crippen molar-refractivity contribution in [2.24, 2.45) is 0 Å². The summed E-state index contributed by atoms with van der Waals surface area (Å²) in [5.41, 5.74) is 7.44. The van der Waals surface area contributed by atoms with Gasteiger partial charge in [0.1, 0.15) is 11.6 Å². The van der Waals surface area contributed by atoms with E-state index < -0.39 is 0 Å². The lowest BCUT2D eigenvalue weighted by atomic mass is 10.1. The van der Waals surface area contributed by atoms with E-state index in [4.69, 9.17) is 10.5 Å². The summed E-state index contributed by atoms with van der Waals surface area (Å²) in [5, 5.41) is 5.38. The van der Waals surface area contributed by atoms with Gasteiger partial charge in [0.25, 0.3) is 0 Å². The van der Waals surface area contributed by atoms with E-state index in [-0.39, 0.29) is 0 Å². The van der Waals surface area contributed by atoms with Gasteiger partial charge in [0.15, 0.2) is 0 Å². The topological polar surface area (TPSA) is 60.2 Å². The third-order valence-electron chi connectivity index (χ3n) is 3.15. The lowest BCUT2D eigenvalue weighted by Gasteiger charge is -2.12. The molecule has 1 aromatic heterocycles. The number of ether oxygens (including phenoxy) is 1. The summed E-state index contributed by atoms with van der Waals surface area (Å²) in [4.78, 5) is 4.40. The second kappa shape index (κ2) is 5.09. The molecule has 4 nitrogen and oxygen atoms in total. The molecule has 20 heavy (non-hydrogen) atoms. The van der Waals surface area contributed by atoms with Gasteiger partial charge in [-0.2, -0.15) is 0 Å². The first-order valence-electron chi connectivity index (χ1n) is 6.32. The Morgan fingerprint density at radius 1 is 1.10 bits per heavy atom. The van der Waals surface area contributed by atoms with Crippen LogP contribution in [-0.4, -0.2) is 12.1 Å². The summed E-state index contributed by atoms with van der Waals surface area (Å²) in [6.45, 7) is 0. The van der Waals surface area contributed by atoms with Crippen LogP contribution in [0.5, 0.6) is 5.75 Å². The van der Waals surface area contributed by atoms with Gasteiger partial charge in [0.05, 0.1) is 12.8 Å². The zero-order valence-corrected chi connectivity index (χ0v) is 11.1. The van der Waals surface area contributed by atoms with Gasteiger partial charge in [-0.25, -0.2) is 4.98 Å². The first kappa shape index (κ1) is 12.3. The number of pyridine rings is 1. The molecule has 4 heteroatoms. The highest BCUT2D eigenvalue weighted by atomic mass is 16.5. The molecule has 3 aromatic rings. The molecule has 0 amide bonds. The van der Waals surface area contributed by atoms with Crippen LogP contribution in [0.1, 0.15) is 0 Å². The number of fused-ring (bicyclic) bond motifs is 1. The van der Waals surface area contributed by atoms with Crippen LogP contribution in [-0.2, 0) is 0 Å². The van der Waals surface area contributed by atoms with Crippen LogP contribution in [0.3, 0.4) is 0 Å². The summed E-state index contributed by atoms with van der Waals surface area (Å²) in [6.07, 6.45) is 1.76. The maximum Gasteiger partial charge on any atom is 0.142 e. The zero-order chi connectivity index (χ0) is 13.9. The minimum Gasteiger partial charge on any atom is -0.495 e. The lowest BCUT2D eigenvalue weighted by molar-refractivity contribution is 0.417. The minimum absolute atomic E-state index is 0.743. The highest BCUT2D eigenvalue weighted by Crippen LogP contribution is 2.30. The van der Waals surface area contributed by atoms with Gasteiger partial charge in [-0.1, -0.05) is 12.1 Å². The van der Waals surface area contributed by atoms with Crippen molar-refractivity contribution in [3.63, 3.8) is 0 Å². The number of rotatable bonds is 3. The Morgan fingerprint density at radius 2 is 1.95 bits per heavy atom. The molecule has 0 aliphatic carbocycles. The van der Waals surface area contributed by atoms with Crippen LogP contribution in [0.4, 0.5) is 17.2 Å². The fourth-order valence-corrected chi connectivity index (χ4v) is 2.17. The predicted octanol–water partition coefficient (Wildman–Crippen LogP) is 3.57. The fourth-order valence-electron chi connectivity index (χ4n) is 2.17. The molecule has 0 radical (unpaired) electrons. The maximum atomic E-state index is 5.81. The van der Waals surface area contributed by atoms with Crippen LogP contribution in [0.15, 0.2) is 54.7 Å². The number of anilines is 3. The van der Waals surface area contributed by atoms with E-state index in [1.165, 1.54) is 0 Å². The standard InChI is InChI=1S/C16H15N3O/c1-20-15-5-3-2-4-14(15)19-16-13-7-6-12(17)10-11(13)8-9-18-16/h2-10H,17H2,1H3,(H,18,19). The first-order chi connectivity index (χ1) is 9.78. The maximum absolute atomic E-state index is 5.81. The second-order valence-corrected chi connectivity index (χ2v) is 4.47. The van der Waals surface area contributed by atoms with Gasteiger partial charge in [0, 0.05) is 17.3 Å². The molecule has 0 aliphatic rings. The van der Waals surface area contributed by atoms with E-state index in [9.17, 15) is 0 Å². The van der Waals surface area contributed by atoms with E-state index in [2.05, 4.69) is 10.3 Å². The number of nitrogens with zero attached hydrogens (tertiary/aromatic N) is 1. The molecule has 0 fully saturated rings. The number of nitrogens with one attached hydrogen (secondary N) is 1. The number of nitrogen functional groups attached to an aromatic ring is 1. The quantitative estimate of drug-likeness (QED) is 0.711. The van der Waals surface area contributed by atoms with Crippen LogP contribution in [0, 0.1) is 0 Å². The highest BCUT2D eigenvalue weighted by Gasteiger charge is 2.06. The molecule has 0 saturated heterocycles. The summed E-state index contributed by atoms with van der Waals surface area (Å²) < 4.78 is 5.34. The third-order valence-corrected chi connectivity index (χ3v) is 3.15. The Morgan fingerprint density at radius 3 is 2.80 bits per heavy atom. The van der Waals surface area contributed by atoms with Crippen LogP contribution >= 0.6 is 0 Å². The van der Waals surface area contributed by atoms with E-state index in [1.54, 1.807) is 13.3 Å². The lowest BCUT2D eigenvalue weighted by Crippen LogP contribution is -1.97. The summed E-state index contributed by atoms with van der Waals surface area (Å²) in [7, 11) is 1.65. The minimum atomic E-state index is 0.743. The van der Waals surface area contributed by atoms with Crippen molar-refractivity contribution in [3.05, 3.63) is 54.7 Å². The van der Waals surface area contributed by atoms with Gasteiger partial charge in [0.2, 0.25) is 0 Å². The van der Waals surface area contributed by atoms with Crippen LogP contribution in [0.25, 0.3) is 10.8 Å². The van der Waals surface area contributed by atoms with E-state index in [1.807, 2.05) is 48.5 Å². The first-order valence-corrected chi connectivity index (χ1v) is 6.32. The van der Waals surface area contributed by atoms with Crippen LogP contribution < -0.4 is 15.8 Å². The number of methoxy groups -OCH3 is 1. The number of benzene rings is 2. The van der Waals surface area contributed by atoms with Crippen LogP contribution in [0.2, 0.25) is 0 Å². The van der Waals surface area contributed by atoms with Gasteiger partial charge < -0.3 is 15.8 Å². The molecule has 3 rings (SSSR count). The van der Waals surface area contributed by atoms with Crippen molar-refractivity contribution in [1.29, 1.82) is 0 Å². The van der Waals surface area contributed by atoms with Gasteiger partial charge >= 0.3 is 0 Å². The molecule has 0 spiro atoms. The van der Waals surface area contributed by atoms with Gasteiger partial charge in [-0.3, -0.25) is 0 Å². The highest BCUT2D eigenvalue weighted by molar-refractivity contribution is 5.95. The third kappa shape index (κ3) is 2.23. The molecule has 0 bridgehead atoms. The number of para-hydroxylation sites is 2. The number of hydrogen-bond acceptors (Lipinski definition) is 4. The van der Waals surface area contributed by atoms with Crippen molar-refractivity contribution < 1.29 is 4.74 Å². The summed E-state index contributed by atoms with van der Waals surface area (Å²) >= 11 is 0. The smallest absolute Gasteiger partial charge is 0.142 e. The fraction of sp³-hybridized carbons (Fsp3) is 0.0625. The SMILES string of the molecule is COc1ccccc1Nc1nccc2cc(N)ccc12. The summed E-state index contributed by atoms with van der Waals surface area (Å²) in [5.74, 6) is 1.56. The van der Waals surface area contributed by atoms with Gasteiger partial charge in [-0.05, 0) is 41.8 Å². The van der Waals surface area contributed by atoms with Crippen molar-refractivity contribution in [2.75, 3.05) is 18.2 Å². The molecule has 3 N–H and O–H groups in total. The Balaban J connectivity index is 2.07. The number of hydrogen-bond donors (Lipinski definition) is 2. The Bertz CT molecular complexity index is 756. The molecule has 0 aliphatic heterocycles. The van der Waals surface area contributed by atoms with Crippen molar-refractivity contribution in [1.82, 2.24) is 4.98 Å². The predicted molar refractivity (Wildman–Crippen MR) is 82.4 cm³/mol.